The van der Waals surface area contributed by atoms with Crippen LogP contribution in [0.15, 0.2) is 11.4 Å². The molecular weight excluding hydrogens is 296 g/mol. The van der Waals surface area contributed by atoms with Crippen LogP contribution in [0, 0.1) is 6.92 Å². The first-order chi connectivity index (χ1) is 10.8. The van der Waals surface area contributed by atoms with Crippen molar-refractivity contribution in [3.8, 4) is 0 Å². The van der Waals surface area contributed by atoms with Gasteiger partial charge in [-0.3, -0.25) is 9.69 Å². The molecule has 1 aromatic heterocycles. The van der Waals surface area contributed by atoms with Crippen LogP contribution in [0.5, 0.6) is 0 Å². The van der Waals surface area contributed by atoms with E-state index in [0.717, 1.165) is 69.1 Å². The zero-order valence-electron chi connectivity index (χ0n) is 13.4. The predicted octanol–water partition coefficient (Wildman–Crippen LogP) is 2.77. The van der Waals surface area contributed by atoms with Crippen LogP contribution < -0.4 is 0 Å². The average molecular weight is 322 g/mol. The molecule has 4 nitrogen and oxygen atoms in total. The van der Waals surface area contributed by atoms with E-state index in [1.807, 2.05) is 18.4 Å². The van der Waals surface area contributed by atoms with Crippen molar-refractivity contribution in [2.24, 2.45) is 0 Å². The first-order valence-electron chi connectivity index (χ1n) is 8.41. The van der Waals surface area contributed by atoms with E-state index in [1.54, 1.807) is 11.3 Å². The molecule has 2 aliphatic heterocycles. The lowest BCUT2D eigenvalue weighted by molar-refractivity contribution is 0.0296. The van der Waals surface area contributed by atoms with Gasteiger partial charge in [0.2, 0.25) is 0 Å². The molecule has 1 atom stereocenters. The summed E-state index contributed by atoms with van der Waals surface area (Å²) < 4.78 is 5.41. The van der Waals surface area contributed by atoms with Gasteiger partial charge in [-0.1, -0.05) is 0 Å². The maximum absolute atomic E-state index is 12.8. The van der Waals surface area contributed by atoms with Crippen molar-refractivity contribution in [1.82, 2.24) is 9.80 Å². The van der Waals surface area contributed by atoms with Crippen LogP contribution in [0.4, 0.5) is 0 Å². The third-order valence-electron chi connectivity index (χ3n) is 4.83. The Hall–Kier alpha value is -0.910. The number of hydrogen-bond donors (Lipinski definition) is 0. The fraction of sp³-hybridized carbons (Fsp3) is 0.706. The number of amides is 1. The molecule has 5 heteroatoms. The van der Waals surface area contributed by atoms with Crippen LogP contribution in [0.25, 0.3) is 0 Å². The third kappa shape index (κ3) is 3.70. The predicted molar refractivity (Wildman–Crippen MR) is 89.6 cm³/mol. The van der Waals surface area contributed by atoms with Gasteiger partial charge in [-0.05, 0) is 49.6 Å². The van der Waals surface area contributed by atoms with Gasteiger partial charge in [0.15, 0.2) is 0 Å². The normalized spacial score (nSPS) is 23.7. The Balaban J connectivity index is 1.61. The van der Waals surface area contributed by atoms with Crippen LogP contribution in [0.1, 0.15) is 40.9 Å². The Labute approximate surface area is 137 Å². The van der Waals surface area contributed by atoms with Crippen LogP contribution in [0.2, 0.25) is 0 Å². The Morgan fingerprint density at radius 1 is 1.32 bits per heavy atom. The minimum atomic E-state index is 0.249. The van der Waals surface area contributed by atoms with Crippen molar-refractivity contribution < 1.29 is 9.53 Å². The average Bonchev–Trinajstić information content (AvgIpc) is 2.99. The van der Waals surface area contributed by atoms with Gasteiger partial charge in [0.1, 0.15) is 0 Å². The minimum absolute atomic E-state index is 0.249. The lowest BCUT2D eigenvalue weighted by Gasteiger charge is -2.37. The number of carbonyl (C=O) groups excluding carboxylic acids is 1. The maximum atomic E-state index is 12.8. The van der Waals surface area contributed by atoms with Gasteiger partial charge in [0.25, 0.3) is 5.91 Å². The first kappa shape index (κ1) is 16.0. The SMILES string of the molecule is Cc1ccsc1C(=O)N1CCCC[C@@H]1CCN1CCOCC1. The number of hydrogen-bond acceptors (Lipinski definition) is 4. The van der Waals surface area contributed by atoms with Crippen molar-refractivity contribution in [1.29, 1.82) is 0 Å². The molecule has 0 unspecified atom stereocenters. The smallest absolute Gasteiger partial charge is 0.264 e. The Bertz CT molecular complexity index is 497. The Morgan fingerprint density at radius 2 is 2.14 bits per heavy atom. The molecule has 3 heterocycles. The van der Waals surface area contributed by atoms with Crippen molar-refractivity contribution in [2.75, 3.05) is 39.4 Å². The van der Waals surface area contributed by atoms with E-state index >= 15 is 0 Å². The molecule has 3 rings (SSSR count). The maximum Gasteiger partial charge on any atom is 0.264 e. The number of carbonyl (C=O) groups is 1. The number of thiophene rings is 1. The number of nitrogens with zero attached hydrogens (tertiary/aromatic N) is 2. The van der Waals surface area contributed by atoms with Gasteiger partial charge in [-0.25, -0.2) is 0 Å². The number of rotatable bonds is 4. The summed E-state index contributed by atoms with van der Waals surface area (Å²) in [6.45, 7) is 7.81. The summed E-state index contributed by atoms with van der Waals surface area (Å²) in [7, 11) is 0. The number of piperidine rings is 1. The molecule has 2 aliphatic rings. The summed E-state index contributed by atoms with van der Waals surface area (Å²) in [4.78, 5) is 18.4. The first-order valence-corrected chi connectivity index (χ1v) is 9.29. The highest BCUT2D eigenvalue weighted by atomic mass is 32.1. The molecule has 122 valence electrons. The number of aryl methyl sites for hydroxylation is 1. The molecule has 2 saturated heterocycles. The summed E-state index contributed by atoms with van der Waals surface area (Å²) in [6.07, 6.45) is 4.64. The van der Waals surface area contributed by atoms with Gasteiger partial charge in [-0.15, -0.1) is 11.3 Å². The molecule has 0 spiro atoms. The van der Waals surface area contributed by atoms with Crippen molar-refractivity contribution in [2.45, 2.75) is 38.6 Å². The summed E-state index contributed by atoms with van der Waals surface area (Å²) >= 11 is 1.58. The zero-order valence-corrected chi connectivity index (χ0v) is 14.2. The lowest BCUT2D eigenvalue weighted by Crippen LogP contribution is -2.46. The molecule has 0 bridgehead atoms. The van der Waals surface area contributed by atoms with Crippen LogP contribution in [0.3, 0.4) is 0 Å². The molecule has 0 radical (unpaired) electrons. The Morgan fingerprint density at radius 3 is 2.86 bits per heavy atom. The van der Waals surface area contributed by atoms with Crippen molar-refractivity contribution >= 4 is 17.2 Å². The fourth-order valence-corrected chi connectivity index (χ4v) is 4.33. The van der Waals surface area contributed by atoms with E-state index in [1.165, 1.54) is 6.42 Å². The molecule has 1 amide bonds. The van der Waals surface area contributed by atoms with Crippen LogP contribution in [-0.4, -0.2) is 61.1 Å². The summed E-state index contributed by atoms with van der Waals surface area (Å²) in [6, 6.07) is 2.45. The molecule has 0 N–H and O–H groups in total. The standard InChI is InChI=1S/C17H26N2O2S/c1-14-6-13-22-16(14)17(20)19-7-3-2-4-15(19)5-8-18-9-11-21-12-10-18/h6,13,15H,2-5,7-12H2,1H3/t15-/m1/s1. The fourth-order valence-electron chi connectivity index (χ4n) is 3.45. The van der Waals surface area contributed by atoms with E-state index in [4.69, 9.17) is 4.74 Å². The van der Waals surface area contributed by atoms with Crippen molar-refractivity contribution in [3.05, 3.63) is 21.9 Å². The molecule has 0 saturated carbocycles. The van der Waals surface area contributed by atoms with Gasteiger partial charge >= 0.3 is 0 Å². The number of ether oxygens (including phenoxy) is 1. The van der Waals surface area contributed by atoms with Gasteiger partial charge in [0.05, 0.1) is 18.1 Å². The molecule has 22 heavy (non-hydrogen) atoms. The molecule has 1 aromatic rings. The zero-order chi connectivity index (χ0) is 15.4. The number of likely N-dealkylation sites (tertiary alicyclic amines) is 1. The topological polar surface area (TPSA) is 32.8 Å². The quantitative estimate of drug-likeness (QED) is 0.854. The van der Waals surface area contributed by atoms with E-state index in [2.05, 4.69) is 9.80 Å². The second-order valence-corrected chi connectivity index (χ2v) is 7.24. The third-order valence-corrected chi connectivity index (χ3v) is 5.83. The Kier molecular flexibility index (Phi) is 5.50. The minimum Gasteiger partial charge on any atom is -0.379 e. The van der Waals surface area contributed by atoms with E-state index in [0.29, 0.717) is 6.04 Å². The van der Waals surface area contributed by atoms with Crippen LogP contribution in [-0.2, 0) is 4.74 Å². The highest BCUT2D eigenvalue weighted by Crippen LogP contribution is 2.25. The second-order valence-electron chi connectivity index (χ2n) is 6.32. The van der Waals surface area contributed by atoms with Crippen molar-refractivity contribution in [3.63, 3.8) is 0 Å². The van der Waals surface area contributed by atoms with Gasteiger partial charge in [-0.2, -0.15) is 0 Å². The van der Waals surface area contributed by atoms with E-state index in [-0.39, 0.29) is 5.91 Å². The monoisotopic (exact) mass is 322 g/mol. The molecular formula is C17H26N2O2S. The second kappa shape index (κ2) is 7.57. The summed E-state index contributed by atoms with van der Waals surface area (Å²) in [5, 5.41) is 2.02. The van der Waals surface area contributed by atoms with E-state index < -0.39 is 0 Å². The molecule has 2 fully saturated rings. The lowest BCUT2D eigenvalue weighted by atomic mass is 9.98. The summed E-state index contributed by atoms with van der Waals surface area (Å²) in [5.74, 6) is 0.249. The van der Waals surface area contributed by atoms with Gasteiger partial charge in [0, 0.05) is 32.2 Å². The van der Waals surface area contributed by atoms with E-state index in [9.17, 15) is 4.79 Å². The summed E-state index contributed by atoms with van der Waals surface area (Å²) in [5.41, 5.74) is 1.12. The highest BCUT2D eigenvalue weighted by Gasteiger charge is 2.29. The van der Waals surface area contributed by atoms with Crippen LogP contribution >= 0.6 is 11.3 Å². The van der Waals surface area contributed by atoms with Gasteiger partial charge < -0.3 is 9.64 Å². The molecule has 0 aliphatic carbocycles. The highest BCUT2D eigenvalue weighted by molar-refractivity contribution is 7.12. The molecule has 0 aromatic carbocycles. The number of morpholine rings is 1. The largest absolute Gasteiger partial charge is 0.379 e.